The second kappa shape index (κ2) is 4.29. The highest BCUT2D eigenvalue weighted by Gasteiger charge is 1.84. The van der Waals surface area contributed by atoms with Crippen molar-refractivity contribution in [1.29, 1.82) is 0 Å². The third kappa shape index (κ3) is 3.97. The molecular formula is C5H11OP. The lowest BCUT2D eigenvalue weighted by atomic mass is 10.3. The van der Waals surface area contributed by atoms with Gasteiger partial charge in [0.25, 0.3) is 0 Å². The van der Waals surface area contributed by atoms with Crippen molar-refractivity contribution in [1.82, 2.24) is 0 Å². The highest BCUT2D eigenvalue weighted by molar-refractivity contribution is 7.16. The fraction of sp³-hybridized carbons (Fsp3) is 0.600. The van der Waals surface area contributed by atoms with Crippen LogP contribution in [0.2, 0.25) is 0 Å². The highest BCUT2D eigenvalue weighted by atomic mass is 31.0. The third-order valence-corrected chi connectivity index (χ3v) is 1.33. The Hall–Kier alpha value is 0.130. The van der Waals surface area contributed by atoms with Crippen LogP contribution in [0.15, 0.2) is 12.2 Å². The summed E-state index contributed by atoms with van der Waals surface area (Å²) in [5.41, 5.74) is 1.09. The number of aliphatic hydroxyl groups is 1. The summed E-state index contributed by atoms with van der Waals surface area (Å²) < 4.78 is 0. The van der Waals surface area contributed by atoms with Crippen LogP contribution in [0, 0.1) is 0 Å². The zero-order chi connectivity index (χ0) is 5.70. The SMILES string of the molecule is C=C(CP)CCO. The maximum Gasteiger partial charge on any atom is 0.0468 e. The average Bonchev–Trinajstić information content (AvgIpc) is 1.68. The van der Waals surface area contributed by atoms with Gasteiger partial charge in [0.05, 0.1) is 0 Å². The van der Waals surface area contributed by atoms with Crippen LogP contribution in [0.25, 0.3) is 0 Å². The number of hydrogen-bond donors (Lipinski definition) is 1. The van der Waals surface area contributed by atoms with Crippen LogP contribution >= 0.6 is 9.24 Å². The molecule has 42 valence electrons. The van der Waals surface area contributed by atoms with E-state index >= 15 is 0 Å². The molecule has 7 heavy (non-hydrogen) atoms. The molecule has 0 aromatic carbocycles. The van der Waals surface area contributed by atoms with Crippen LogP contribution in [0.4, 0.5) is 0 Å². The third-order valence-electron chi connectivity index (χ3n) is 0.754. The largest absolute Gasteiger partial charge is 0.396 e. The fourth-order valence-corrected chi connectivity index (χ4v) is 0.464. The van der Waals surface area contributed by atoms with E-state index in [0.29, 0.717) is 0 Å². The molecular weight excluding hydrogens is 107 g/mol. The summed E-state index contributed by atoms with van der Waals surface area (Å²) in [6, 6.07) is 0. The van der Waals surface area contributed by atoms with Gasteiger partial charge in [-0.05, 0) is 12.6 Å². The molecule has 0 saturated carbocycles. The molecule has 0 fully saturated rings. The van der Waals surface area contributed by atoms with Crippen LogP contribution in [-0.2, 0) is 0 Å². The van der Waals surface area contributed by atoms with Crippen LogP contribution in [0.1, 0.15) is 6.42 Å². The Morgan fingerprint density at radius 3 is 2.43 bits per heavy atom. The van der Waals surface area contributed by atoms with Crippen molar-refractivity contribution < 1.29 is 5.11 Å². The summed E-state index contributed by atoms with van der Waals surface area (Å²) in [7, 11) is 2.56. The topological polar surface area (TPSA) is 20.2 Å². The van der Waals surface area contributed by atoms with Gasteiger partial charge in [-0.15, -0.1) is 9.24 Å². The van der Waals surface area contributed by atoms with Gasteiger partial charge in [0.2, 0.25) is 0 Å². The lowest BCUT2D eigenvalue weighted by molar-refractivity contribution is 0.299. The summed E-state index contributed by atoms with van der Waals surface area (Å²) in [6.45, 7) is 3.91. The van der Waals surface area contributed by atoms with Gasteiger partial charge in [0, 0.05) is 6.61 Å². The summed E-state index contributed by atoms with van der Waals surface area (Å²) in [5.74, 6) is 0. The standard InChI is InChI=1S/C5H11OP/c1-5(4-7)2-3-6/h6H,1-4,7H2. The van der Waals surface area contributed by atoms with E-state index in [1.165, 1.54) is 0 Å². The minimum atomic E-state index is 0.229. The number of hydrogen-bond acceptors (Lipinski definition) is 1. The normalized spacial score (nSPS) is 8.86. The first-order chi connectivity index (χ1) is 3.31. The van der Waals surface area contributed by atoms with Gasteiger partial charge < -0.3 is 5.11 Å². The molecule has 0 bridgehead atoms. The molecule has 0 saturated heterocycles. The predicted octanol–water partition coefficient (Wildman–Crippen LogP) is 0.800. The molecule has 0 rings (SSSR count). The molecule has 0 amide bonds. The summed E-state index contributed by atoms with van der Waals surface area (Å²) in [4.78, 5) is 0. The Labute approximate surface area is 46.6 Å². The van der Waals surface area contributed by atoms with Crippen LogP contribution in [-0.4, -0.2) is 17.9 Å². The van der Waals surface area contributed by atoms with E-state index < -0.39 is 0 Å². The summed E-state index contributed by atoms with van der Waals surface area (Å²) in [6.07, 6.45) is 1.64. The average molecular weight is 118 g/mol. The van der Waals surface area contributed by atoms with Gasteiger partial charge in [-0.3, -0.25) is 0 Å². The van der Waals surface area contributed by atoms with Gasteiger partial charge in [0.15, 0.2) is 0 Å². The van der Waals surface area contributed by atoms with Crippen molar-refractivity contribution in [3.05, 3.63) is 12.2 Å². The predicted molar refractivity (Wildman–Crippen MR) is 35.4 cm³/mol. The van der Waals surface area contributed by atoms with E-state index in [-0.39, 0.29) is 6.61 Å². The molecule has 1 unspecified atom stereocenters. The first-order valence-electron chi connectivity index (χ1n) is 2.29. The van der Waals surface area contributed by atoms with E-state index in [9.17, 15) is 0 Å². The summed E-state index contributed by atoms with van der Waals surface area (Å²) in [5, 5.41) is 8.30. The van der Waals surface area contributed by atoms with Gasteiger partial charge >= 0.3 is 0 Å². The van der Waals surface area contributed by atoms with E-state index in [2.05, 4.69) is 15.8 Å². The molecule has 1 nitrogen and oxygen atoms in total. The molecule has 0 aliphatic rings. The fourth-order valence-electron chi connectivity index (χ4n) is 0.260. The molecule has 0 radical (unpaired) electrons. The zero-order valence-corrected chi connectivity index (χ0v) is 5.51. The molecule has 0 aromatic heterocycles. The van der Waals surface area contributed by atoms with Crippen LogP contribution in [0.5, 0.6) is 0 Å². The molecule has 0 aliphatic carbocycles. The minimum absolute atomic E-state index is 0.229. The maximum atomic E-state index is 8.30. The molecule has 1 atom stereocenters. The lowest BCUT2D eigenvalue weighted by Gasteiger charge is -1.93. The minimum Gasteiger partial charge on any atom is -0.396 e. The Morgan fingerprint density at radius 1 is 1.71 bits per heavy atom. The zero-order valence-electron chi connectivity index (χ0n) is 4.35. The number of aliphatic hydroxyl groups excluding tert-OH is 1. The van der Waals surface area contributed by atoms with Gasteiger partial charge in [-0.2, -0.15) is 0 Å². The highest BCUT2D eigenvalue weighted by Crippen LogP contribution is 1.99. The molecule has 2 heteroatoms. The van der Waals surface area contributed by atoms with E-state index in [4.69, 9.17) is 5.11 Å². The molecule has 0 aromatic rings. The smallest absolute Gasteiger partial charge is 0.0468 e. The van der Waals surface area contributed by atoms with Crippen molar-refractivity contribution in [3.8, 4) is 0 Å². The summed E-state index contributed by atoms with van der Waals surface area (Å²) >= 11 is 0. The quantitative estimate of drug-likeness (QED) is 0.429. The monoisotopic (exact) mass is 118 g/mol. The van der Waals surface area contributed by atoms with Crippen molar-refractivity contribution in [2.24, 2.45) is 0 Å². The van der Waals surface area contributed by atoms with Crippen LogP contribution in [0.3, 0.4) is 0 Å². The number of rotatable bonds is 3. The Balaban J connectivity index is 3.00. The van der Waals surface area contributed by atoms with Crippen molar-refractivity contribution in [3.63, 3.8) is 0 Å². The molecule has 0 spiro atoms. The van der Waals surface area contributed by atoms with E-state index in [0.717, 1.165) is 18.2 Å². The van der Waals surface area contributed by atoms with Gasteiger partial charge in [-0.25, -0.2) is 0 Å². The lowest BCUT2D eigenvalue weighted by Crippen LogP contribution is -1.86. The van der Waals surface area contributed by atoms with Gasteiger partial charge in [0.1, 0.15) is 0 Å². The first kappa shape index (κ1) is 7.13. The molecule has 0 heterocycles. The van der Waals surface area contributed by atoms with E-state index in [1.807, 2.05) is 0 Å². The second-order valence-corrected chi connectivity index (χ2v) is 1.84. The Bertz CT molecular complexity index is 61.1. The molecule has 1 N–H and O–H groups in total. The van der Waals surface area contributed by atoms with Crippen LogP contribution < -0.4 is 0 Å². The first-order valence-corrected chi connectivity index (χ1v) is 3.10. The Kier molecular flexibility index (Phi) is 4.37. The molecule has 0 aliphatic heterocycles. The Morgan fingerprint density at radius 2 is 2.29 bits per heavy atom. The van der Waals surface area contributed by atoms with E-state index in [1.54, 1.807) is 0 Å². The van der Waals surface area contributed by atoms with Crippen molar-refractivity contribution in [2.45, 2.75) is 6.42 Å². The second-order valence-electron chi connectivity index (χ2n) is 1.43. The maximum absolute atomic E-state index is 8.30. The van der Waals surface area contributed by atoms with Crippen molar-refractivity contribution >= 4 is 9.24 Å². The van der Waals surface area contributed by atoms with Gasteiger partial charge in [-0.1, -0.05) is 12.2 Å². The van der Waals surface area contributed by atoms with Crippen molar-refractivity contribution in [2.75, 3.05) is 12.8 Å².